The third-order valence-electron chi connectivity index (χ3n) is 5.63. The van der Waals surface area contributed by atoms with Crippen LogP contribution >= 0.6 is 30.5 Å². The van der Waals surface area contributed by atoms with E-state index in [4.69, 9.17) is 16.1 Å². The molecule has 2 aromatic carbocycles. The molecule has 0 spiro atoms. The highest BCUT2D eigenvalue weighted by Crippen LogP contribution is 2.50. The molecule has 0 saturated carbocycles. The van der Waals surface area contributed by atoms with Crippen LogP contribution in [0.1, 0.15) is 22.2 Å². The van der Waals surface area contributed by atoms with E-state index in [1.165, 1.54) is 0 Å². The lowest BCUT2D eigenvalue weighted by Crippen LogP contribution is -2.16. The number of fused-ring (bicyclic) bond motifs is 1. The molecule has 188 valence electrons. The van der Waals surface area contributed by atoms with Gasteiger partial charge in [0, 0.05) is 28.9 Å². The van der Waals surface area contributed by atoms with E-state index in [9.17, 15) is 14.5 Å². The minimum absolute atomic E-state index is 0.0219. The molecule has 0 bridgehead atoms. The third-order valence-corrected chi connectivity index (χ3v) is 9.42. The van der Waals surface area contributed by atoms with Crippen molar-refractivity contribution in [3.8, 4) is 21.7 Å². The van der Waals surface area contributed by atoms with Gasteiger partial charge in [0.25, 0.3) is 0 Å². The van der Waals surface area contributed by atoms with Crippen LogP contribution in [0.15, 0.2) is 73.1 Å². The molecule has 0 saturated heterocycles. The van der Waals surface area contributed by atoms with Crippen LogP contribution in [0, 0.1) is 6.92 Å². The zero-order valence-electron chi connectivity index (χ0n) is 19.9. The molecule has 2 N–H and O–H groups in total. The minimum Gasteiger partial charge on any atom is -0.477 e. The Kier molecular flexibility index (Phi) is 6.88. The highest BCUT2D eigenvalue weighted by Gasteiger charge is 2.31. The summed E-state index contributed by atoms with van der Waals surface area (Å²) < 4.78 is 21.2. The van der Waals surface area contributed by atoms with Crippen molar-refractivity contribution in [3.05, 3.63) is 88.5 Å². The normalized spacial score (nSPS) is 12.9. The summed E-state index contributed by atoms with van der Waals surface area (Å²) >= 11 is 7.48. The lowest BCUT2D eigenvalue weighted by molar-refractivity contribution is 0.0703. The molecule has 5 rings (SSSR count). The van der Waals surface area contributed by atoms with Gasteiger partial charge < -0.3 is 14.7 Å². The van der Waals surface area contributed by atoms with Crippen LogP contribution in [-0.2, 0) is 9.09 Å². The van der Waals surface area contributed by atoms with Crippen molar-refractivity contribution in [3.63, 3.8) is 0 Å². The second-order valence-corrected chi connectivity index (χ2v) is 11.7. The Morgan fingerprint density at radius 2 is 1.92 bits per heavy atom. The summed E-state index contributed by atoms with van der Waals surface area (Å²) in [6, 6.07) is 18.1. The number of benzene rings is 2. The summed E-state index contributed by atoms with van der Waals surface area (Å²) in [5.74, 6) is -1.13. The van der Waals surface area contributed by atoms with E-state index < -0.39 is 13.5 Å². The maximum Gasteiger partial charge on any atom is 0.348 e. The summed E-state index contributed by atoms with van der Waals surface area (Å²) in [5.41, 5.74) is 4.34. The third kappa shape index (κ3) is 5.04. The van der Waals surface area contributed by atoms with Crippen LogP contribution in [0.2, 0.25) is 5.02 Å². The van der Waals surface area contributed by atoms with Crippen molar-refractivity contribution in [2.45, 2.75) is 13.8 Å². The molecule has 3 heterocycles. The quantitative estimate of drug-likeness (QED) is 0.205. The number of aryl methyl sites for hydroxylation is 1. The second-order valence-electron chi connectivity index (χ2n) is 8.22. The molecule has 0 radical (unpaired) electrons. The number of carboxylic acid groups (broad SMARTS) is 1. The smallest absolute Gasteiger partial charge is 0.348 e. The summed E-state index contributed by atoms with van der Waals surface area (Å²) in [7, 11) is -3.71. The van der Waals surface area contributed by atoms with Gasteiger partial charge in [-0.25, -0.2) is 14.3 Å². The standard InChI is InChI=1S/C26H22ClN4O4PS/c1-3-35-36(34,22-10-5-16(2)13-19(22)27)30-21-14-23(37-25(21)26(32)33)18-8-6-17(7-9-18)20-15-24-28-11-4-12-31(24)29-20/h4-15H,3H2,1-2H3,(H,30,34)(H,32,33). The average Bonchev–Trinajstić information content (AvgIpc) is 3.48. The number of carboxylic acids is 1. The van der Waals surface area contributed by atoms with Crippen LogP contribution in [0.4, 0.5) is 5.69 Å². The van der Waals surface area contributed by atoms with Gasteiger partial charge in [0.15, 0.2) is 5.65 Å². The zero-order valence-corrected chi connectivity index (χ0v) is 22.3. The fourth-order valence-electron chi connectivity index (χ4n) is 3.90. The van der Waals surface area contributed by atoms with E-state index in [1.54, 1.807) is 41.9 Å². The fourth-order valence-corrected chi connectivity index (χ4v) is 7.30. The SMILES string of the molecule is CCOP(=O)(Nc1cc(-c2ccc(-c3cc4ncccn4n3)cc2)sc1C(=O)O)c1ccc(C)cc1Cl. The molecule has 3 aromatic heterocycles. The van der Waals surface area contributed by atoms with Crippen molar-refractivity contribution in [2.24, 2.45) is 0 Å². The van der Waals surface area contributed by atoms with E-state index in [1.807, 2.05) is 49.5 Å². The predicted octanol–water partition coefficient (Wildman–Crippen LogP) is 6.75. The van der Waals surface area contributed by atoms with E-state index in [2.05, 4.69) is 15.2 Å². The summed E-state index contributed by atoms with van der Waals surface area (Å²) in [4.78, 5) is 17.1. The number of hydrogen-bond acceptors (Lipinski definition) is 6. The van der Waals surface area contributed by atoms with Gasteiger partial charge in [-0.15, -0.1) is 11.3 Å². The van der Waals surface area contributed by atoms with Crippen LogP contribution in [0.3, 0.4) is 0 Å². The maximum absolute atomic E-state index is 13.9. The summed E-state index contributed by atoms with van der Waals surface area (Å²) in [6.45, 7) is 3.74. The summed E-state index contributed by atoms with van der Waals surface area (Å²) in [6.07, 6.45) is 3.54. The second kappa shape index (κ2) is 10.1. The predicted molar refractivity (Wildman–Crippen MR) is 147 cm³/mol. The van der Waals surface area contributed by atoms with Crippen LogP contribution in [0.25, 0.3) is 27.3 Å². The monoisotopic (exact) mass is 552 g/mol. The first kappa shape index (κ1) is 25.2. The average molecular weight is 553 g/mol. The number of halogens is 1. The molecule has 0 aliphatic carbocycles. The van der Waals surface area contributed by atoms with Crippen LogP contribution in [0.5, 0.6) is 0 Å². The Morgan fingerprint density at radius 3 is 2.59 bits per heavy atom. The Morgan fingerprint density at radius 1 is 1.16 bits per heavy atom. The first-order chi connectivity index (χ1) is 17.8. The first-order valence-electron chi connectivity index (χ1n) is 11.4. The zero-order chi connectivity index (χ0) is 26.2. The van der Waals surface area contributed by atoms with E-state index in [0.29, 0.717) is 4.88 Å². The van der Waals surface area contributed by atoms with Gasteiger partial charge in [0.05, 0.1) is 28.3 Å². The number of thiophene rings is 1. The topological polar surface area (TPSA) is 106 Å². The van der Waals surface area contributed by atoms with Gasteiger partial charge in [-0.1, -0.05) is 41.9 Å². The summed E-state index contributed by atoms with van der Waals surface area (Å²) in [5, 5.41) is 17.9. The Balaban J connectivity index is 1.48. The van der Waals surface area contributed by atoms with Crippen molar-refractivity contribution in [1.29, 1.82) is 0 Å². The van der Waals surface area contributed by atoms with Crippen molar-refractivity contribution in [1.82, 2.24) is 14.6 Å². The fraction of sp³-hybridized carbons (Fsp3) is 0.115. The number of aromatic nitrogens is 3. The highest BCUT2D eigenvalue weighted by atomic mass is 35.5. The Bertz CT molecular complexity index is 1630. The van der Waals surface area contributed by atoms with Gasteiger partial charge in [-0.05, 0) is 49.2 Å². The molecular formula is C26H22ClN4O4PS. The molecular weight excluding hydrogens is 531 g/mol. The van der Waals surface area contributed by atoms with E-state index >= 15 is 0 Å². The van der Waals surface area contributed by atoms with Crippen molar-refractivity contribution in [2.75, 3.05) is 11.7 Å². The van der Waals surface area contributed by atoms with Gasteiger partial charge in [0.1, 0.15) is 4.88 Å². The number of rotatable bonds is 8. The molecule has 11 heteroatoms. The van der Waals surface area contributed by atoms with Crippen molar-refractivity contribution >= 4 is 53.1 Å². The molecule has 0 amide bonds. The molecule has 0 aliphatic rings. The maximum atomic E-state index is 13.9. The molecule has 0 fully saturated rings. The number of carbonyl (C=O) groups is 1. The molecule has 8 nitrogen and oxygen atoms in total. The van der Waals surface area contributed by atoms with Gasteiger partial charge in [0.2, 0.25) is 0 Å². The lowest BCUT2D eigenvalue weighted by atomic mass is 10.1. The van der Waals surface area contributed by atoms with Crippen LogP contribution in [-0.4, -0.2) is 32.3 Å². The molecule has 0 aliphatic heterocycles. The molecule has 1 atom stereocenters. The highest BCUT2D eigenvalue weighted by molar-refractivity contribution is 7.68. The Labute approximate surface area is 222 Å². The van der Waals surface area contributed by atoms with Crippen LogP contribution < -0.4 is 10.4 Å². The number of nitrogens with one attached hydrogen (secondary N) is 1. The minimum atomic E-state index is -3.71. The number of aromatic carboxylic acids is 1. The Hall–Kier alpha value is -3.49. The van der Waals surface area contributed by atoms with Gasteiger partial charge in [-0.3, -0.25) is 4.57 Å². The first-order valence-corrected chi connectivity index (χ1v) is 14.2. The largest absolute Gasteiger partial charge is 0.477 e. The number of nitrogens with zero attached hydrogens (tertiary/aromatic N) is 3. The lowest BCUT2D eigenvalue weighted by Gasteiger charge is -2.21. The van der Waals surface area contributed by atoms with Crippen molar-refractivity contribution < 1.29 is 19.0 Å². The van der Waals surface area contributed by atoms with E-state index in [-0.39, 0.29) is 27.5 Å². The van der Waals surface area contributed by atoms with Gasteiger partial charge >= 0.3 is 13.5 Å². The molecule has 37 heavy (non-hydrogen) atoms. The van der Waals surface area contributed by atoms with E-state index in [0.717, 1.165) is 39.4 Å². The van der Waals surface area contributed by atoms with Gasteiger partial charge in [-0.2, -0.15) is 5.10 Å². The number of anilines is 1. The molecule has 1 unspecified atom stereocenters. The molecule has 5 aromatic rings. The number of hydrogen-bond donors (Lipinski definition) is 2.